The second-order valence-corrected chi connectivity index (χ2v) is 14.2. The minimum atomic E-state index is -2.96. The molecule has 7 nitrogen and oxygen atoms in total. The van der Waals surface area contributed by atoms with E-state index in [4.69, 9.17) is 15.2 Å². The summed E-state index contributed by atoms with van der Waals surface area (Å²) in [6, 6.07) is 7.37. The van der Waals surface area contributed by atoms with Crippen molar-refractivity contribution in [3.05, 3.63) is 24.3 Å². The first kappa shape index (κ1) is 24.1. The Kier molecular flexibility index (Phi) is 8.48. The molecule has 3 N–H and O–H groups in total. The number of primary amides is 1. The summed E-state index contributed by atoms with van der Waals surface area (Å²) in [4.78, 5) is 25.0. The van der Waals surface area contributed by atoms with Gasteiger partial charge in [-0.3, -0.25) is 9.59 Å². The SMILES string of the molecule is CP(=O)(Sc1ccc(OCCCNC(=O)C2CCCC2)cc1)C1(C(N)=O)CCOCC1. The molecule has 1 saturated heterocycles. The summed E-state index contributed by atoms with van der Waals surface area (Å²) in [6.07, 6.45) is 2.88. The van der Waals surface area contributed by atoms with Crippen LogP contribution in [-0.4, -0.2) is 50.0 Å². The van der Waals surface area contributed by atoms with E-state index in [9.17, 15) is 14.2 Å². The standard InChI is InChI=1S/C22H33N2O5PS/c1-30(27,22(21(23)26)11-15-28-16-12-22)31-19-9-7-18(8-10-19)29-14-4-13-24-20(25)17-5-2-3-6-17/h7-10,17H,2-6,11-16H2,1H3,(H2,23,26)(H,24,25). The molecular formula is C22H33N2O5PS. The Hall–Kier alpha value is -1.50. The molecule has 172 valence electrons. The number of nitrogens with two attached hydrogens (primary N) is 1. The van der Waals surface area contributed by atoms with E-state index in [-0.39, 0.29) is 11.8 Å². The molecule has 0 bridgehead atoms. The highest BCUT2D eigenvalue weighted by atomic mass is 32.7. The van der Waals surface area contributed by atoms with E-state index in [1.807, 2.05) is 24.3 Å². The molecule has 1 unspecified atom stereocenters. The second-order valence-electron chi connectivity index (χ2n) is 8.39. The molecule has 0 radical (unpaired) electrons. The summed E-state index contributed by atoms with van der Waals surface area (Å²) < 4.78 is 24.6. The number of carbonyl (C=O) groups is 2. The van der Waals surface area contributed by atoms with Gasteiger partial charge in [-0.2, -0.15) is 0 Å². The smallest absolute Gasteiger partial charge is 0.232 e. The van der Waals surface area contributed by atoms with Crippen LogP contribution in [0.4, 0.5) is 0 Å². The molecule has 1 aromatic rings. The highest BCUT2D eigenvalue weighted by Gasteiger charge is 2.51. The lowest BCUT2D eigenvalue weighted by molar-refractivity contribution is -0.125. The van der Waals surface area contributed by atoms with Gasteiger partial charge in [-0.05, 0) is 63.0 Å². The van der Waals surface area contributed by atoms with Crippen molar-refractivity contribution in [2.45, 2.75) is 55.0 Å². The van der Waals surface area contributed by atoms with Crippen LogP contribution in [0.25, 0.3) is 0 Å². The number of nitrogens with one attached hydrogen (secondary N) is 1. The van der Waals surface area contributed by atoms with Crippen molar-refractivity contribution in [1.82, 2.24) is 5.32 Å². The summed E-state index contributed by atoms with van der Waals surface area (Å²) >= 11 is 1.23. The molecule has 0 aromatic heterocycles. The Labute approximate surface area is 188 Å². The molecule has 31 heavy (non-hydrogen) atoms. The zero-order valence-corrected chi connectivity index (χ0v) is 19.8. The fraction of sp³-hybridized carbons (Fsp3) is 0.636. The van der Waals surface area contributed by atoms with Crippen LogP contribution in [0.15, 0.2) is 29.2 Å². The quantitative estimate of drug-likeness (QED) is 0.400. The van der Waals surface area contributed by atoms with E-state index in [0.29, 0.717) is 45.0 Å². The van der Waals surface area contributed by atoms with Gasteiger partial charge in [0.05, 0.1) is 6.61 Å². The lowest BCUT2D eigenvalue weighted by Gasteiger charge is -2.38. The van der Waals surface area contributed by atoms with Gasteiger partial charge in [0.1, 0.15) is 10.9 Å². The van der Waals surface area contributed by atoms with Crippen molar-refractivity contribution in [3.63, 3.8) is 0 Å². The van der Waals surface area contributed by atoms with E-state index in [2.05, 4.69) is 5.32 Å². The van der Waals surface area contributed by atoms with Crippen LogP contribution < -0.4 is 15.8 Å². The molecule has 2 amide bonds. The fourth-order valence-corrected chi connectivity index (χ4v) is 9.40. The average Bonchev–Trinajstić information content (AvgIpc) is 3.30. The minimum Gasteiger partial charge on any atom is -0.494 e. The van der Waals surface area contributed by atoms with E-state index < -0.39 is 17.4 Å². The maximum atomic E-state index is 13.5. The first-order valence-electron chi connectivity index (χ1n) is 11.0. The summed E-state index contributed by atoms with van der Waals surface area (Å²) in [7, 11) is 0. The van der Waals surface area contributed by atoms with Crippen molar-refractivity contribution < 1.29 is 23.6 Å². The van der Waals surface area contributed by atoms with Crippen molar-refractivity contribution >= 4 is 29.5 Å². The Balaban J connectivity index is 1.45. The minimum absolute atomic E-state index is 0.168. The lowest BCUT2D eigenvalue weighted by atomic mass is 9.98. The van der Waals surface area contributed by atoms with Crippen LogP contribution in [0.5, 0.6) is 5.75 Å². The highest BCUT2D eigenvalue weighted by Crippen LogP contribution is 2.70. The third kappa shape index (κ3) is 6.05. The predicted octanol–water partition coefficient (Wildman–Crippen LogP) is 3.80. The number of hydrogen-bond donors (Lipinski definition) is 2. The van der Waals surface area contributed by atoms with Crippen LogP contribution in [0, 0.1) is 5.92 Å². The van der Waals surface area contributed by atoms with Crippen molar-refractivity contribution in [2.24, 2.45) is 11.7 Å². The summed E-state index contributed by atoms with van der Waals surface area (Å²) in [5, 5.41) is 1.97. The zero-order valence-electron chi connectivity index (χ0n) is 18.1. The van der Waals surface area contributed by atoms with Crippen LogP contribution in [0.2, 0.25) is 0 Å². The molecule has 2 fully saturated rings. The fourth-order valence-electron chi connectivity index (χ4n) is 4.25. The monoisotopic (exact) mass is 468 g/mol. The first-order chi connectivity index (χ1) is 14.8. The summed E-state index contributed by atoms with van der Waals surface area (Å²) in [5.41, 5.74) is 5.67. The summed E-state index contributed by atoms with van der Waals surface area (Å²) in [5.74, 6) is 0.568. The Bertz CT molecular complexity index is 805. The molecule has 0 spiro atoms. The van der Waals surface area contributed by atoms with E-state index in [0.717, 1.165) is 37.0 Å². The van der Waals surface area contributed by atoms with Crippen molar-refractivity contribution in [2.75, 3.05) is 33.0 Å². The van der Waals surface area contributed by atoms with Gasteiger partial charge in [0.15, 0.2) is 6.34 Å². The average molecular weight is 469 g/mol. The van der Waals surface area contributed by atoms with Gasteiger partial charge in [0.25, 0.3) is 0 Å². The molecule has 1 heterocycles. The molecule has 9 heteroatoms. The normalized spacial score (nSPS) is 20.7. The number of carbonyl (C=O) groups excluding carboxylic acids is 2. The molecule has 1 aromatic carbocycles. The topological polar surface area (TPSA) is 108 Å². The van der Waals surface area contributed by atoms with Gasteiger partial charge in [0, 0.05) is 30.6 Å². The molecule has 3 rings (SSSR count). The Morgan fingerprint density at radius 1 is 1.23 bits per heavy atom. The Morgan fingerprint density at radius 3 is 2.48 bits per heavy atom. The molecule has 1 aliphatic heterocycles. The van der Waals surface area contributed by atoms with Crippen molar-refractivity contribution in [1.29, 1.82) is 0 Å². The Morgan fingerprint density at radius 2 is 1.87 bits per heavy atom. The maximum absolute atomic E-state index is 13.5. The molecule has 1 aliphatic carbocycles. The summed E-state index contributed by atoms with van der Waals surface area (Å²) in [6.45, 7) is 3.57. The number of amides is 2. The molecule has 1 atom stereocenters. The predicted molar refractivity (Wildman–Crippen MR) is 123 cm³/mol. The largest absolute Gasteiger partial charge is 0.494 e. The van der Waals surface area contributed by atoms with Gasteiger partial charge in [-0.1, -0.05) is 24.2 Å². The second kappa shape index (κ2) is 10.9. The van der Waals surface area contributed by atoms with Gasteiger partial charge in [0.2, 0.25) is 11.8 Å². The van der Waals surface area contributed by atoms with E-state index >= 15 is 0 Å². The van der Waals surface area contributed by atoms with E-state index in [1.165, 1.54) is 11.4 Å². The maximum Gasteiger partial charge on any atom is 0.232 e. The van der Waals surface area contributed by atoms with Crippen LogP contribution in [0.1, 0.15) is 44.9 Å². The van der Waals surface area contributed by atoms with Crippen LogP contribution in [-0.2, 0) is 18.9 Å². The number of benzene rings is 1. The highest BCUT2D eigenvalue weighted by molar-refractivity contribution is 8.58. The van der Waals surface area contributed by atoms with Gasteiger partial charge >= 0.3 is 0 Å². The van der Waals surface area contributed by atoms with Crippen LogP contribution >= 0.6 is 17.7 Å². The number of hydrogen-bond acceptors (Lipinski definition) is 6. The van der Waals surface area contributed by atoms with E-state index in [1.54, 1.807) is 6.66 Å². The number of rotatable bonds is 10. The van der Waals surface area contributed by atoms with Gasteiger partial charge in [-0.15, -0.1) is 0 Å². The van der Waals surface area contributed by atoms with Crippen molar-refractivity contribution in [3.8, 4) is 5.75 Å². The van der Waals surface area contributed by atoms with Gasteiger partial charge in [-0.25, -0.2) is 0 Å². The third-order valence-corrected chi connectivity index (χ3v) is 12.1. The number of ether oxygens (including phenoxy) is 2. The third-order valence-electron chi connectivity index (χ3n) is 6.27. The van der Waals surface area contributed by atoms with Crippen LogP contribution in [0.3, 0.4) is 0 Å². The van der Waals surface area contributed by atoms with Gasteiger partial charge < -0.3 is 25.1 Å². The molecule has 1 saturated carbocycles. The molecule has 2 aliphatic rings. The lowest BCUT2D eigenvalue weighted by Crippen LogP contribution is -2.47. The molecular weight excluding hydrogens is 435 g/mol. The zero-order chi connectivity index (χ0) is 22.3. The first-order valence-corrected chi connectivity index (χ1v) is 14.6.